The second kappa shape index (κ2) is 9.94. The van der Waals surface area contributed by atoms with E-state index in [2.05, 4.69) is 29.5 Å². The van der Waals surface area contributed by atoms with Crippen molar-refractivity contribution in [3.8, 4) is 0 Å². The summed E-state index contributed by atoms with van der Waals surface area (Å²) in [5, 5.41) is 5.80. The molecular formula is C25H32FN3O2. The first kappa shape index (κ1) is 22.8. The maximum absolute atomic E-state index is 13.7. The Hall–Kier alpha value is -2.89. The van der Waals surface area contributed by atoms with Crippen LogP contribution >= 0.6 is 0 Å². The molecule has 2 amide bonds. The van der Waals surface area contributed by atoms with Crippen molar-refractivity contribution < 1.29 is 14.0 Å². The molecule has 1 aromatic heterocycles. The molecule has 2 heterocycles. The first-order valence-corrected chi connectivity index (χ1v) is 11.2. The van der Waals surface area contributed by atoms with Gasteiger partial charge in [0.15, 0.2) is 0 Å². The van der Waals surface area contributed by atoms with Gasteiger partial charge in [0.1, 0.15) is 5.82 Å². The van der Waals surface area contributed by atoms with Gasteiger partial charge in [0.25, 0.3) is 11.8 Å². The van der Waals surface area contributed by atoms with E-state index < -0.39 is 5.82 Å². The molecule has 0 saturated carbocycles. The molecule has 3 N–H and O–H groups in total. The minimum absolute atomic E-state index is 0.108. The zero-order chi connectivity index (χ0) is 22.5. The predicted molar refractivity (Wildman–Crippen MR) is 123 cm³/mol. The number of halogens is 1. The van der Waals surface area contributed by atoms with Gasteiger partial charge in [-0.2, -0.15) is 0 Å². The van der Waals surface area contributed by atoms with Crippen molar-refractivity contribution in [1.29, 1.82) is 0 Å². The summed E-state index contributed by atoms with van der Waals surface area (Å²) < 4.78 is 13.7. The van der Waals surface area contributed by atoms with Crippen LogP contribution in [0, 0.1) is 25.6 Å². The van der Waals surface area contributed by atoms with E-state index >= 15 is 0 Å². The average Bonchev–Trinajstić information content (AvgIpc) is 3.19. The summed E-state index contributed by atoms with van der Waals surface area (Å²) >= 11 is 0. The van der Waals surface area contributed by atoms with Gasteiger partial charge in [0.2, 0.25) is 0 Å². The first-order chi connectivity index (χ1) is 14.8. The molecule has 1 unspecified atom stereocenters. The minimum Gasteiger partial charge on any atom is -0.358 e. The van der Waals surface area contributed by atoms with Gasteiger partial charge < -0.3 is 15.6 Å². The highest BCUT2D eigenvalue weighted by Crippen LogP contribution is 2.34. The molecule has 0 aliphatic carbocycles. The fourth-order valence-corrected chi connectivity index (χ4v) is 4.23. The molecular weight excluding hydrogens is 393 g/mol. The number of unbranched alkanes of at least 4 members (excludes halogenated alkanes) is 1. The van der Waals surface area contributed by atoms with Crippen LogP contribution < -0.4 is 10.6 Å². The van der Waals surface area contributed by atoms with Gasteiger partial charge in [-0.05, 0) is 56.0 Å². The summed E-state index contributed by atoms with van der Waals surface area (Å²) in [4.78, 5) is 28.5. The zero-order valence-electron chi connectivity index (χ0n) is 18.8. The Balaban J connectivity index is 1.76. The number of aromatic amines is 1. The first-order valence-electron chi connectivity index (χ1n) is 11.2. The zero-order valence-corrected chi connectivity index (χ0v) is 18.8. The molecule has 0 fully saturated rings. The van der Waals surface area contributed by atoms with Gasteiger partial charge >= 0.3 is 0 Å². The number of nitrogens with one attached hydrogen (secondary N) is 3. The second-order valence-electron chi connectivity index (χ2n) is 8.33. The Morgan fingerprint density at radius 2 is 2.00 bits per heavy atom. The molecule has 1 aliphatic heterocycles. The van der Waals surface area contributed by atoms with Crippen LogP contribution in [0.3, 0.4) is 0 Å². The summed E-state index contributed by atoms with van der Waals surface area (Å²) in [7, 11) is 0. The van der Waals surface area contributed by atoms with E-state index in [4.69, 9.17) is 0 Å². The van der Waals surface area contributed by atoms with E-state index in [-0.39, 0.29) is 11.8 Å². The lowest BCUT2D eigenvalue weighted by Crippen LogP contribution is -2.26. The van der Waals surface area contributed by atoms with E-state index in [1.165, 1.54) is 31.4 Å². The topological polar surface area (TPSA) is 74.0 Å². The number of H-pyrrole nitrogens is 1. The maximum Gasteiger partial charge on any atom is 0.256 e. The van der Waals surface area contributed by atoms with Crippen LogP contribution in [-0.4, -0.2) is 23.3 Å². The number of hydrogen-bond donors (Lipinski definition) is 3. The van der Waals surface area contributed by atoms with Gasteiger partial charge in [-0.1, -0.05) is 39.5 Å². The van der Waals surface area contributed by atoms with Gasteiger partial charge in [0.05, 0.1) is 11.1 Å². The molecule has 1 aromatic carbocycles. The summed E-state index contributed by atoms with van der Waals surface area (Å²) in [6.45, 7) is 8.76. The molecule has 3 rings (SSSR count). The highest BCUT2D eigenvalue weighted by molar-refractivity contribution is 6.34. The Labute approximate surface area is 183 Å². The minimum atomic E-state index is -0.398. The third-order valence-electron chi connectivity index (χ3n) is 6.14. The molecule has 1 atom stereocenters. The van der Waals surface area contributed by atoms with Crippen LogP contribution in [0.25, 0.3) is 11.6 Å². The van der Waals surface area contributed by atoms with Gasteiger partial charge in [-0.25, -0.2) is 4.39 Å². The Kier molecular flexibility index (Phi) is 7.31. The lowest BCUT2D eigenvalue weighted by atomic mass is 9.96. The fraction of sp³-hybridized carbons (Fsp3) is 0.440. The SMILES string of the molecule is CCCCC(CC)CCNC(=O)c1c(C)[nH]c(C=C2C(=O)Nc3ccc(F)cc32)c1C. The molecule has 0 saturated heterocycles. The van der Waals surface area contributed by atoms with Crippen molar-refractivity contribution in [2.45, 2.75) is 59.8 Å². The number of carbonyl (C=O) groups is 2. The fourth-order valence-electron chi connectivity index (χ4n) is 4.23. The largest absolute Gasteiger partial charge is 0.358 e. The quantitative estimate of drug-likeness (QED) is 0.458. The van der Waals surface area contributed by atoms with Crippen LogP contribution in [-0.2, 0) is 4.79 Å². The molecule has 31 heavy (non-hydrogen) atoms. The molecule has 2 aromatic rings. The number of carbonyl (C=O) groups excluding carboxylic acids is 2. The van der Waals surface area contributed by atoms with E-state index in [0.29, 0.717) is 40.5 Å². The number of benzene rings is 1. The average molecular weight is 426 g/mol. The van der Waals surface area contributed by atoms with Crippen molar-refractivity contribution in [2.75, 3.05) is 11.9 Å². The van der Waals surface area contributed by atoms with Crippen molar-refractivity contribution in [2.24, 2.45) is 5.92 Å². The third kappa shape index (κ3) is 5.06. The summed E-state index contributed by atoms with van der Waals surface area (Å²) in [5.41, 5.74) is 4.31. The molecule has 5 nitrogen and oxygen atoms in total. The predicted octanol–water partition coefficient (Wildman–Crippen LogP) is 5.60. The summed E-state index contributed by atoms with van der Waals surface area (Å²) in [5.74, 6) is -0.153. The van der Waals surface area contributed by atoms with Crippen LogP contribution in [0.4, 0.5) is 10.1 Å². The number of amides is 2. The van der Waals surface area contributed by atoms with Crippen LogP contribution in [0.2, 0.25) is 0 Å². The lowest BCUT2D eigenvalue weighted by Gasteiger charge is -2.14. The van der Waals surface area contributed by atoms with E-state index in [1.54, 1.807) is 12.1 Å². The molecule has 6 heteroatoms. The smallest absolute Gasteiger partial charge is 0.256 e. The summed E-state index contributed by atoms with van der Waals surface area (Å²) in [6.07, 6.45) is 7.41. The monoisotopic (exact) mass is 425 g/mol. The molecule has 1 aliphatic rings. The van der Waals surface area contributed by atoms with Gasteiger partial charge in [-0.3, -0.25) is 9.59 Å². The van der Waals surface area contributed by atoms with Crippen LogP contribution in [0.15, 0.2) is 18.2 Å². The highest BCUT2D eigenvalue weighted by Gasteiger charge is 2.26. The number of rotatable bonds is 9. The van der Waals surface area contributed by atoms with Crippen molar-refractivity contribution >= 4 is 29.2 Å². The number of anilines is 1. The third-order valence-corrected chi connectivity index (χ3v) is 6.14. The van der Waals surface area contributed by atoms with Crippen LogP contribution in [0.1, 0.15) is 78.8 Å². The molecule has 166 valence electrons. The van der Waals surface area contributed by atoms with Crippen molar-refractivity contribution in [3.63, 3.8) is 0 Å². The number of hydrogen-bond acceptors (Lipinski definition) is 2. The molecule has 0 spiro atoms. The summed E-state index contributed by atoms with van der Waals surface area (Å²) in [6, 6.07) is 4.22. The Morgan fingerprint density at radius 3 is 2.71 bits per heavy atom. The number of aromatic nitrogens is 1. The van der Waals surface area contributed by atoms with E-state index in [1.807, 2.05) is 13.8 Å². The van der Waals surface area contributed by atoms with Gasteiger partial charge in [0, 0.05) is 29.2 Å². The number of aryl methyl sites for hydroxylation is 1. The Bertz CT molecular complexity index is 1010. The van der Waals surface area contributed by atoms with Crippen molar-refractivity contribution in [1.82, 2.24) is 10.3 Å². The molecule has 0 radical (unpaired) electrons. The molecule has 0 bridgehead atoms. The van der Waals surface area contributed by atoms with E-state index in [0.717, 1.165) is 24.1 Å². The maximum atomic E-state index is 13.7. The highest BCUT2D eigenvalue weighted by atomic mass is 19.1. The standard InChI is InChI=1S/C25H32FN3O2/c1-5-7-8-17(6-2)11-12-27-25(31)23-15(3)22(28-16(23)4)14-20-19-13-18(26)9-10-21(19)29-24(20)30/h9-10,13-14,17,28H,5-8,11-12H2,1-4H3,(H,27,31)(H,29,30). The van der Waals surface area contributed by atoms with Crippen LogP contribution in [0.5, 0.6) is 0 Å². The second-order valence-corrected chi connectivity index (χ2v) is 8.33. The van der Waals surface area contributed by atoms with E-state index in [9.17, 15) is 14.0 Å². The Morgan fingerprint density at radius 1 is 1.23 bits per heavy atom. The lowest BCUT2D eigenvalue weighted by molar-refractivity contribution is -0.110. The number of fused-ring (bicyclic) bond motifs is 1. The normalized spacial score (nSPS) is 15.1. The van der Waals surface area contributed by atoms with Crippen molar-refractivity contribution in [3.05, 3.63) is 52.1 Å². The van der Waals surface area contributed by atoms with Gasteiger partial charge in [-0.15, -0.1) is 0 Å².